The van der Waals surface area contributed by atoms with Gasteiger partial charge in [-0.1, -0.05) is 29.3 Å². The second kappa shape index (κ2) is 7.70. The molecule has 2 aromatic heterocycles. The van der Waals surface area contributed by atoms with Crippen LogP contribution in [0.15, 0.2) is 75.7 Å². The zero-order valence-electron chi connectivity index (χ0n) is 16.1. The van der Waals surface area contributed by atoms with Crippen molar-refractivity contribution in [2.45, 2.75) is 6.04 Å². The highest BCUT2D eigenvalue weighted by atomic mass is 35.5. The highest BCUT2D eigenvalue weighted by Crippen LogP contribution is 2.46. The molecule has 0 saturated heterocycles. The molecule has 2 aromatic carbocycles. The maximum Gasteiger partial charge on any atom is 0.294 e. The van der Waals surface area contributed by atoms with Gasteiger partial charge < -0.3 is 14.6 Å². The molecule has 1 amide bonds. The minimum atomic E-state index is -0.976. The van der Waals surface area contributed by atoms with Gasteiger partial charge in [-0.2, -0.15) is 0 Å². The van der Waals surface area contributed by atoms with Gasteiger partial charge >= 0.3 is 0 Å². The normalized spacial score (nSPS) is 16.4. The van der Waals surface area contributed by atoms with E-state index in [2.05, 4.69) is 0 Å². The topological polar surface area (TPSA) is 91.0 Å². The van der Waals surface area contributed by atoms with Gasteiger partial charge in [0.25, 0.3) is 5.91 Å². The van der Waals surface area contributed by atoms with E-state index in [4.69, 9.17) is 27.6 Å². The molecule has 3 heterocycles. The van der Waals surface area contributed by atoms with E-state index in [0.717, 1.165) is 4.90 Å². The number of phenolic OH excluding ortho intramolecular Hbond substituents is 1. The number of amides is 1. The molecule has 1 aliphatic rings. The number of fused-ring (bicyclic) bond motifs is 1. The van der Waals surface area contributed by atoms with Crippen molar-refractivity contribution >= 4 is 62.9 Å². The summed E-state index contributed by atoms with van der Waals surface area (Å²) in [7, 11) is 0. The predicted octanol–water partition coefficient (Wildman–Crippen LogP) is 6.29. The molecule has 1 aliphatic heterocycles. The minimum Gasteiger partial charge on any atom is -0.506 e. The van der Waals surface area contributed by atoms with Crippen LogP contribution in [-0.4, -0.2) is 21.9 Å². The number of furan rings is 1. The first-order chi connectivity index (χ1) is 15.3. The lowest BCUT2D eigenvalue weighted by Crippen LogP contribution is -2.30. The number of hydrogen-bond donors (Lipinski definition) is 2. The summed E-state index contributed by atoms with van der Waals surface area (Å²) in [6.45, 7) is 0. The second-order valence-corrected chi connectivity index (χ2v) is 8.96. The van der Waals surface area contributed by atoms with Crippen molar-refractivity contribution in [1.82, 2.24) is 0 Å². The molecule has 0 spiro atoms. The number of thiophene rings is 1. The molecule has 4 aromatic rings. The van der Waals surface area contributed by atoms with Gasteiger partial charge in [0.2, 0.25) is 5.78 Å². The Morgan fingerprint density at radius 2 is 1.78 bits per heavy atom. The largest absolute Gasteiger partial charge is 0.506 e. The SMILES string of the molecule is O=C(C1=C(O)C(=O)N(c2cc(Cl)ccc2O)C1c1cccs1)c1cc2cc(Cl)ccc2o1. The van der Waals surface area contributed by atoms with Crippen LogP contribution in [0.25, 0.3) is 11.0 Å². The number of hydrogen-bond acceptors (Lipinski definition) is 6. The Hall–Kier alpha value is -3.26. The van der Waals surface area contributed by atoms with Crippen molar-refractivity contribution in [2.24, 2.45) is 0 Å². The number of carbonyl (C=O) groups excluding carboxylic acids is 2. The standard InChI is InChI=1S/C23H13Cl2NO5S/c24-12-4-6-16-11(8-12)9-17(31-16)21(28)19-20(18-2-1-7-32-18)26(23(30)22(19)29)14-10-13(25)3-5-15(14)27/h1-10,20,27,29H. The fraction of sp³-hybridized carbons (Fsp3) is 0.0435. The molecule has 0 saturated carbocycles. The number of aromatic hydroxyl groups is 1. The molecule has 1 atom stereocenters. The van der Waals surface area contributed by atoms with Crippen molar-refractivity contribution in [3.8, 4) is 5.75 Å². The summed E-state index contributed by atoms with van der Waals surface area (Å²) in [6.07, 6.45) is 0. The number of ketones is 1. The number of aliphatic hydroxyl groups excluding tert-OH is 1. The number of benzene rings is 2. The third kappa shape index (κ3) is 3.26. The molecule has 5 rings (SSSR count). The lowest BCUT2D eigenvalue weighted by molar-refractivity contribution is -0.117. The summed E-state index contributed by atoms with van der Waals surface area (Å²) >= 11 is 13.4. The Morgan fingerprint density at radius 1 is 1.03 bits per heavy atom. The van der Waals surface area contributed by atoms with E-state index in [1.165, 1.54) is 35.6 Å². The average Bonchev–Trinajstić information content (AvgIpc) is 3.48. The molecule has 0 bridgehead atoms. The number of phenols is 1. The Kier molecular flexibility index (Phi) is 4.97. The number of halogens is 2. The number of anilines is 1. The molecule has 1 unspecified atom stereocenters. The van der Waals surface area contributed by atoms with E-state index in [9.17, 15) is 19.8 Å². The van der Waals surface area contributed by atoms with Crippen molar-refractivity contribution in [3.05, 3.63) is 92.0 Å². The fourth-order valence-electron chi connectivity index (χ4n) is 3.75. The van der Waals surface area contributed by atoms with Gasteiger partial charge in [0, 0.05) is 20.3 Å². The summed E-state index contributed by atoms with van der Waals surface area (Å²) in [5, 5.41) is 24.3. The molecular formula is C23H13Cl2NO5S. The number of rotatable bonds is 4. The van der Waals surface area contributed by atoms with Gasteiger partial charge in [0.05, 0.1) is 11.3 Å². The maximum absolute atomic E-state index is 13.5. The first-order valence-corrected chi connectivity index (χ1v) is 11.0. The molecule has 160 valence electrons. The third-order valence-corrected chi connectivity index (χ3v) is 6.56. The van der Waals surface area contributed by atoms with Gasteiger partial charge in [-0.3, -0.25) is 14.5 Å². The number of nitrogens with zero attached hydrogens (tertiary/aromatic N) is 1. The Morgan fingerprint density at radius 3 is 2.53 bits per heavy atom. The van der Waals surface area contributed by atoms with Crippen LogP contribution in [0.2, 0.25) is 10.0 Å². The highest BCUT2D eigenvalue weighted by Gasteiger charge is 2.46. The smallest absolute Gasteiger partial charge is 0.294 e. The van der Waals surface area contributed by atoms with Gasteiger partial charge in [0.1, 0.15) is 17.4 Å². The van der Waals surface area contributed by atoms with Crippen LogP contribution in [0.1, 0.15) is 21.5 Å². The monoisotopic (exact) mass is 485 g/mol. The van der Waals surface area contributed by atoms with Crippen LogP contribution in [-0.2, 0) is 4.79 Å². The van der Waals surface area contributed by atoms with Crippen molar-refractivity contribution in [2.75, 3.05) is 4.90 Å². The van der Waals surface area contributed by atoms with Gasteiger partial charge in [0.15, 0.2) is 11.5 Å². The summed E-state index contributed by atoms with van der Waals surface area (Å²) < 4.78 is 5.68. The molecular weight excluding hydrogens is 473 g/mol. The van der Waals surface area contributed by atoms with Crippen LogP contribution >= 0.6 is 34.5 Å². The molecule has 2 N–H and O–H groups in total. The summed E-state index contributed by atoms with van der Waals surface area (Å²) in [6, 6.07) is 13.2. The van der Waals surface area contributed by atoms with E-state index >= 15 is 0 Å². The lowest BCUT2D eigenvalue weighted by Gasteiger charge is -2.26. The quantitative estimate of drug-likeness (QED) is 0.331. The summed E-state index contributed by atoms with van der Waals surface area (Å²) in [5.74, 6) is -2.46. The maximum atomic E-state index is 13.5. The number of carbonyl (C=O) groups is 2. The van der Waals surface area contributed by atoms with Gasteiger partial charge in [-0.15, -0.1) is 11.3 Å². The molecule has 0 aliphatic carbocycles. The highest BCUT2D eigenvalue weighted by molar-refractivity contribution is 7.10. The molecule has 6 nitrogen and oxygen atoms in total. The number of Topliss-reactive ketones (excluding diaryl/α,β-unsaturated/α-hetero) is 1. The minimum absolute atomic E-state index is 0.0460. The molecule has 0 fully saturated rings. The first kappa shape index (κ1) is 20.6. The zero-order valence-corrected chi connectivity index (χ0v) is 18.4. The Balaban J connectivity index is 1.66. The van der Waals surface area contributed by atoms with E-state index < -0.39 is 23.5 Å². The lowest BCUT2D eigenvalue weighted by atomic mass is 10.00. The molecule has 32 heavy (non-hydrogen) atoms. The first-order valence-electron chi connectivity index (χ1n) is 9.37. The van der Waals surface area contributed by atoms with E-state index in [1.807, 2.05) is 0 Å². The van der Waals surface area contributed by atoms with E-state index in [1.54, 1.807) is 35.7 Å². The van der Waals surface area contributed by atoms with Crippen LogP contribution in [0.4, 0.5) is 5.69 Å². The van der Waals surface area contributed by atoms with E-state index in [0.29, 0.717) is 20.9 Å². The zero-order chi connectivity index (χ0) is 22.6. The molecule has 9 heteroatoms. The van der Waals surface area contributed by atoms with Crippen LogP contribution in [0.3, 0.4) is 0 Å². The van der Waals surface area contributed by atoms with E-state index in [-0.39, 0.29) is 27.8 Å². The number of aliphatic hydroxyl groups is 1. The Bertz CT molecular complexity index is 1420. The van der Waals surface area contributed by atoms with Crippen LogP contribution in [0.5, 0.6) is 5.75 Å². The second-order valence-electron chi connectivity index (χ2n) is 7.11. The summed E-state index contributed by atoms with van der Waals surface area (Å²) in [4.78, 5) is 28.4. The van der Waals surface area contributed by atoms with Crippen molar-refractivity contribution in [1.29, 1.82) is 0 Å². The van der Waals surface area contributed by atoms with Crippen molar-refractivity contribution < 1.29 is 24.2 Å². The third-order valence-electron chi connectivity index (χ3n) is 5.16. The fourth-order valence-corrected chi connectivity index (χ4v) is 4.92. The van der Waals surface area contributed by atoms with Crippen molar-refractivity contribution in [3.63, 3.8) is 0 Å². The van der Waals surface area contributed by atoms with Gasteiger partial charge in [-0.05, 0) is 53.9 Å². The molecule has 0 radical (unpaired) electrons. The van der Waals surface area contributed by atoms with Crippen LogP contribution < -0.4 is 4.90 Å². The van der Waals surface area contributed by atoms with Crippen LogP contribution in [0, 0.1) is 0 Å². The average molecular weight is 486 g/mol. The predicted molar refractivity (Wildman–Crippen MR) is 123 cm³/mol. The Labute approximate surface area is 195 Å². The van der Waals surface area contributed by atoms with Gasteiger partial charge in [-0.25, -0.2) is 0 Å². The summed E-state index contributed by atoms with van der Waals surface area (Å²) in [5.41, 5.74) is 0.368.